The van der Waals surface area contributed by atoms with Gasteiger partial charge in [0.05, 0.1) is 0 Å². The van der Waals surface area contributed by atoms with Crippen LogP contribution in [0.2, 0.25) is 0 Å². The quantitative estimate of drug-likeness (QED) is 0.812. The van der Waals surface area contributed by atoms with Crippen molar-refractivity contribution < 1.29 is 14.3 Å². The standard InChI is InChI=1S/C14H27N3O3/c1-14(2,3)20-13(19)16-11-5-8-17(9-6-11)10-7-12(18)15-4/h11H,5-10H2,1-4H3,(H,15,18)(H,16,19). The molecule has 1 aliphatic rings. The highest BCUT2D eigenvalue weighted by molar-refractivity contribution is 5.75. The lowest BCUT2D eigenvalue weighted by Crippen LogP contribution is -2.46. The molecule has 0 aromatic rings. The first-order valence-electron chi connectivity index (χ1n) is 7.22. The number of rotatable bonds is 4. The molecule has 0 saturated carbocycles. The predicted octanol–water partition coefficient (Wildman–Crippen LogP) is 1.11. The second-order valence-electron chi connectivity index (χ2n) is 6.19. The number of ether oxygens (including phenoxy) is 1. The Balaban J connectivity index is 2.22. The molecule has 0 spiro atoms. The molecular formula is C14H27N3O3. The summed E-state index contributed by atoms with van der Waals surface area (Å²) in [4.78, 5) is 25.1. The molecule has 2 amide bonds. The van der Waals surface area contributed by atoms with Gasteiger partial charge in [0.1, 0.15) is 5.60 Å². The van der Waals surface area contributed by atoms with E-state index in [4.69, 9.17) is 4.74 Å². The van der Waals surface area contributed by atoms with Crippen LogP contribution in [0, 0.1) is 0 Å². The second kappa shape index (κ2) is 7.47. The Morgan fingerprint density at radius 2 is 1.85 bits per heavy atom. The molecule has 1 saturated heterocycles. The molecule has 20 heavy (non-hydrogen) atoms. The normalized spacial score (nSPS) is 17.6. The van der Waals surface area contributed by atoms with Crippen molar-refractivity contribution in [3.05, 3.63) is 0 Å². The second-order valence-corrected chi connectivity index (χ2v) is 6.19. The number of amides is 2. The van der Waals surface area contributed by atoms with Gasteiger partial charge in [0.15, 0.2) is 0 Å². The summed E-state index contributed by atoms with van der Waals surface area (Å²) in [7, 11) is 1.65. The van der Waals surface area contributed by atoms with E-state index in [1.807, 2.05) is 20.8 Å². The highest BCUT2D eigenvalue weighted by Gasteiger charge is 2.23. The van der Waals surface area contributed by atoms with Gasteiger partial charge in [-0.15, -0.1) is 0 Å². The predicted molar refractivity (Wildman–Crippen MR) is 77.5 cm³/mol. The largest absolute Gasteiger partial charge is 0.444 e. The zero-order valence-corrected chi connectivity index (χ0v) is 13.0. The van der Waals surface area contributed by atoms with E-state index in [0.717, 1.165) is 32.5 Å². The molecular weight excluding hydrogens is 258 g/mol. The smallest absolute Gasteiger partial charge is 0.407 e. The van der Waals surface area contributed by atoms with Gasteiger partial charge >= 0.3 is 6.09 Å². The van der Waals surface area contributed by atoms with Gasteiger partial charge < -0.3 is 20.3 Å². The van der Waals surface area contributed by atoms with E-state index in [9.17, 15) is 9.59 Å². The topological polar surface area (TPSA) is 70.7 Å². The molecule has 0 bridgehead atoms. The monoisotopic (exact) mass is 285 g/mol. The fourth-order valence-electron chi connectivity index (χ4n) is 2.16. The number of carbonyl (C=O) groups excluding carboxylic acids is 2. The summed E-state index contributed by atoms with van der Waals surface area (Å²) in [6, 6.07) is 0.168. The Morgan fingerprint density at radius 3 is 2.35 bits per heavy atom. The molecule has 6 nitrogen and oxygen atoms in total. The van der Waals surface area contributed by atoms with Crippen molar-refractivity contribution in [3.8, 4) is 0 Å². The highest BCUT2D eigenvalue weighted by atomic mass is 16.6. The van der Waals surface area contributed by atoms with Crippen molar-refractivity contribution in [2.45, 2.75) is 51.7 Å². The van der Waals surface area contributed by atoms with Crippen LogP contribution >= 0.6 is 0 Å². The third-order valence-corrected chi connectivity index (χ3v) is 3.24. The summed E-state index contributed by atoms with van der Waals surface area (Å²) in [5.74, 6) is 0.0685. The SMILES string of the molecule is CNC(=O)CCN1CCC(NC(=O)OC(C)(C)C)CC1. The molecule has 2 N–H and O–H groups in total. The molecule has 1 rings (SSSR count). The number of hydrogen-bond acceptors (Lipinski definition) is 4. The molecule has 0 unspecified atom stereocenters. The summed E-state index contributed by atoms with van der Waals surface area (Å²) in [6.45, 7) is 8.14. The zero-order chi connectivity index (χ0) is 15.2. The van der Waals surface area contributed by atoms with Crippen LogP contribution in [-0.2, 0) is 9.53 Å². The van der Waals surface area contributed by atoms with Crippen molar-refractivity contribution in [1.29, 1.82) is 0 Å². The first kappa shape index (κ1) is 16.8. The maximum atomic E-state index is 11.7. The number of carbonyl (C=O) groups is 2. The lowest BCUT2D eigenvalue weighted by atomic mass is 10.1. The molecule has 0 aliphatic carbocycles. The van der Waals surface area contributed by atoms with Gasteiger partial charge in [0, 0.05) is 39.1 Å². The molecule has 6 heteroatoms. The maximum absolute atomic E-state index is 11.7. The first-order chi connectivity index (χ1) is 9.30. The highest BCUT2D eigenvalue weighted by Crippen LogP contribution is 2.12. The molecule has 0 aromatic carbocycles. The van der Waals surface area contributed by atoms with Crippen LogP contribution in [0.25, 0.3) is 0 Å². The molecule has 116 valence electrons. The minimum atomic E-state index is -0.460. The first-order valence-corrected chi connectivity index (χ1v) is 7.22. The minimum absolute atomic E-state index is 0.0685. The van der Waals surface area contributed by atoms with E-state index in [-0.39, 0.29) is 18.0 Å². The van der Waals surface area contributed by atoms with E-state index < -0.39 is 5.60 Å². The van der Waals surface area contributed by atoms with Gasteiger partial charge in [-0.2, -0.15) is 0 Å². The van der Waals surface area contributed by atoms with E-state index in [2.05, 4.69) is 15.5 Å². The number of nitrogens with one attached hydrogen (secondary N) is 2. The van der Waals surface area contributed by atoms with Crippen LogP contribution in [0.5, 0.6) is 0 Å². The lowest BCUT2D eigenvalue weighted by Gasteiger charge is -2.32. The number of hydrogen-bond donors (Lipinski definition) is 2. The number of nitrogens with zero attached hydrogens (tertiary/aromatic N) is 1. The fourth-order valence-corrected chi connectivity index (χ4v) is 2.16. The molecule has 1 heterocycles. The number of alkyl carbamates (subject to hydrolysis) is 1. The van der Waals surface area contributed by atoms with Gasteiger partial charge in [0.2, 0.25) is 5.91 Å². The van der Waals surface area contributed by atoms with Crippen LogP contribution < -0.4 is 10.6 Å². The van der Waals surface area contributed by atoms with E-state index >= 15 is 0 Å². The third kappa shape index (κ3) is 6.75. The summed E-state index contributed by atoms with van der Waals surface area (Å²) in [5.41, 5.74) is -0.460. The Bertz CT molecular complexity index is 331. The Labute approximate surface area is 121 Å². The lowest BCUT2D eigenvalue weighted by molar-refractivity contribution is -0.121. The van der Waals surface area contributed by atoms with Gasteiger partial charge in [0.25, 0.3) is 0 Å². The van der Waals surface area contributed by atoms with Gasteiger partial charge in [-0.05, 0) is 33.6 Å². The number of piperidine rings is 1. The molecule has 1 aliphatic heterocycles. The van der Waals surface area contributed by atoms with Crippen molar-refractivity contribution >= 4 is 12.0 Å². The average molecular weight is 285 g/mol. The van der Waals surface area contributed by atoms with Gasteiger partial charge in [-0.25, -0.2) is 4.79 Å². The number of likely N-dealkylation sites (tertiary alicyclic amines) is 1. The molecule has 1 fully saturated rings. The van der Waals surface area contributed by atoms with Crippen molar-refractivity contribution in [2.75, 3.05) is 26.7 Å². The average Bonchev–Trinajstić information content (AvgIpc) is 2.35. The zero-order valence-electron chi connectivity index (χ0n) is 13.0. The van der Waals surface area contributed by atoms with Crippen LogP contribution in [0.15, 0.2) is 0 Å². The van der Waals surface area contributed by atoms with Crippen molar-refractivity contribution in [3.63, 3.8) is 0 Å². The summed E-state index contributed by atoms with van der Waals surface area (Å²) < 4.78 is 5.24. The van der Waals surface area contributed by atoms with Crippen LogP contribution in [0.4, 0.5) is 4.79 Å². The van der Waals surface area contributed by atoms with Crippen molar-refractivity contribution in [1.82, 2.24) is 15.5 Å². The van der Waals surface area contributed by atoms with Crippen LogP contribution in [-0.4, -0.2) is 55.2 Å². The molecule has 0 aromatic heterocycles. The maximum Gasteiger partial charge on any atom is 0.407 e. The molecule has 0 radical (unpaired) electrons. The summed E-state index contributed by atoms with van der Waals surface area (Å²) in [6.07, 6.45) is 1.97. The van der Waals surface area contributed by atoms with Crippen LogP contribution in [0.1, 0.15) is 40.0 Å². The van der Waals surface area contributed by atoms with Crippen LogP contribution in [0.3, 0.4) is 0 Å². The van der Waals surface area contributed by atoms with E-state index in [1.165, 1.54) is 0 Å². The van der Waals surface area contributed by atoms with Gasteiger partial charge in [-0.1, -0.05) is 0 Å². The Morgan fingerprint density at radius 1 is 1.25 bits per heavy atom. The summed E-state index contributed by atoms with van der Waals surface area (Å²) in [5, 5.41) is 5.53. The summed E-state index contributed by atoms with van der Waals surface area (Å²) >= 11 is 0. The minimum Gasteiger partial charge on any atom is -0.444 e. The third-order valence-electron chi connectivity index (χ3n) is 3.24. The Kier molecular flexibility index (Phi) is 6.26. The Hall–Kier alpha value is -1.30. The van der Waals surface area contributed by atoms with E-state index in [1.54, 1.807) is 7.05 Å². The fraction of sp³-hybridized carbons (Fsp3) is 0.857. The van der Waals surface area contributed by atoms with Crippen molar-refractivity contribution in [2.24, 2.45) is 0 Å². The van der Waals surface area contributed by atoms with Gasteiger partial charge in [-0.3, -0.25) is 4.79 Å². The van der Waals surface area contributed by atoms with E-state index in [0.29, 0.717) is 6.42 Å². The molecule has 0 atom stereocenters.